The van der Waals surface area contributed by atoms with Crippen LogP contribution in [0.2, 0.25) is 0 Å². The Morgan fingerprint density at radius 3 is 2.45 bits per heavy atom. The van der Waals surface area contributed by atoms with E-state index in [0.717, 1.165) is 30.0 Å². The van der Waals surface area contributed by atoms with Gasteiger partial charge in [-0.1, -0.05) is 12.2 Å². The van der Waals surface area contributed by atoms with Gasteiger partial charge in [0.05, 0.1) is 10.5 Å². The highest BCUT2D eigenvalue weighted by molar-refractivity contribution is 7.90. The predicted molar refractivity (Wildman–Crippen MR) is 75.9 cm³/mol. The molecule has 0 saturated heterocycles. The molecule has 0 saturated carbocycles. The maximum atomic E-state index is 13.8. The minimum atomic E-state index is -3.49. The molecule has 0 N–H and O–H groups in total. The molecule has 0 fully saturated rings. The van der Waals surface area contributed by atoms with Crippen LogP contribution in [-0.4, -0.2) is 38.6 Å². The van der Waals surface area contributed by atoms with Crippen LogP contribution in [0.3, 0.4) is 0 Å². The number of hydrogen-bond donors (Lipinski definition) is 0. The van der Waals surface area contributed by atoms with E-state index in [9.17, 15) is 17.6 Å². The summed E-state index contributed by atoms with van der Waals surface area (Å²) in [6, 6.07) is 3.22. The summed E-state index contributed by atoms with van der Waals surface area (Å²) in [7, 11) is -3.49. The molecule has 0 aliphatic rings. The van der Waals surface area contributed by atoms with Gasteiger partial charge in [-0.15, -0.1) is 0 Å². The van der Waals surface area contributed by atoms with E-state index in [1.807, 2.05) is 0 Å². The molecule has 0 aliphatic heterocycles. The number of benzene rings is 1. The monoisotopic (exact) mass is 299 g/mol. The molecule has 0 radical (unpaired) electrons. The SMILES string of the molecule is C=C(C)CN(CC)C(=O)c1cc(S(C)(=O)=O)ccc1F. The maximum absolute atomic E-state index is 13.8. The Kier molecular flexibility index (Phi) is 5.05. The second-order valence-electron chi connectivity index (χ2n) is 4.69. The lowest BCUT2D eigenvalue weighted by Gasteiger charge is -2.21. The first-order valence-electron chi connectivity index (χ1n) is 6.10. The molecule has 1 aromatic carbocycles. The van der Waals surface area contributed by atoms with E-state index >= 15 is 0 Å². The van der Waals surface area contributed by atoms with Gasteiger partial charge in [-0.2, -0.15) is 0 Å². The first-order valence-corrected chi connectivity index (χ1v) is 7.99. The number of likely N-dealkylation sites (N-methyl/N-ethyl adjacent to an activating group) is 1. The average Bonchev–Trinajstić information content (AvgIpc) is 2.34. The minimum absolute atomic E-state index is 0.0753. The van der Waals surface area contributed by atoms with Gasteiger partial charge in [0, 0.05) is 19.3 Å². The molecule has 6 heteroatoms. The van der Waals surface area contributed by atoms with Crippen molar-refractivity contribution in [2.45, 2.75) is 18.7 Å². The van der Waals surface area contributed by atoms with E-state index in [4.69, 9.17) is 0 Å². The Morgan fingerprint density at radius 1 is 1.40 bits per heavy atom. The number of halogens is 1. The summed E-state index contributed by atoms with van der Waals surface area (Å²) in [5, 5.41) is 0. The van der Waals surface area contributed by atoms with Crippen molar-refractivity contribution in [3.8, 4) is 0 Å². The predicted octanol–water partition coefficient (Wildman–Crippen LogP) is 2.27. The zero-order valence-corrected chi connectivity index (χ0v) is 12.6. The van der Waals surface area contributed by atoms with Gasteiger partial charge in [0.2, 0.25) is 0 Å². The molecule has 0 spiro atoms. The zero-order valence-electron chi connectivity index (χ0n) is 11.8. The Bertz CT molecular complexity index is 638. The standard InChI is InChI=1S/C14H18FNO3S/c1-5-16(9-10(2)3)14(17)12-8-11(20(4,18)19)6-7-13(12)15/h6-8H,2,5,9H2,1,3-4H3. The molecule has 20 heavy (non-hydrogen) atoms. The summed E-state index contributed by atoms with van der Waals surface area (Å²) >= 11 is 0. The fourth-order valence-electron chi connectivity index (χ4n) is 1.72. The molecule has 0 heterocycles. The number of amides is 1. The van der Waals surface area contributed by atoms with Crippen LogP contribution in [-0.2, 0) is 9.84 Å². The molecule has 1 rings (SSSR count). The van der Waals surface area contributed by atoms with Gasteiger partial charge in [-0.3, -0.25) is 4.79 Å². The number of carbonyl (C=O) groups excluding carboxylic acids is 1. The van der Waals surface area contributed by atoms with Gasteiger partial charge in [-0.25, -0.2) is 12.8 Å². The highest BCUT2D eigenvalue weighted by Crippen LogP contribution is 2.17. The summed E-state index contributed by atoms with van der Waals surface area (Å²) in [6.07, 6.45) is 1.01. The molecule has 0 aromatic heterocycles. The first kappa shape index (κ1) is 16.4. The van der Waals surface area contributed by atoms with Gasteiger partial charge in [0.25, 0.3) is 5.91 Å². The van der Waals surface area contributed by atoms with Crippen molar-refractivity contribution < 1.29 is 17.6 Å². The van der Waals surface area contributed by atoms with Crippen LogP contribution in [0.25, 0.3) is 0 Å². The van der Waals surface area contributed by atoms with E-state index in [1.54, 1.807) is 13.8 Å². The fraction of sp³-hybridized carbons (Fsp3) is 0.357. The molecular formula is C14H18FNO3S. The summed E-state index contributed by atoms with van der Waals surface area (Å²) in [6.45, 7) is 7.93. The lowest BCUT2D eigenvalue weighted by Crippen LogP contribution is -2.32. The van der Waals surface area contributed by atoms with Crippen molar-refractivity contribution >= 4 is 15.7 Å². The molecular weight excluding hydrogens is 281 g/mol. The Morgan fingerprint density at radius 2 is 2.00 bits per heavy atom. The largest absolute Gasteiger partial charge is 0.335 e. The van der Waals surface area contributed by atoms with Crippen LogP contribution in [0, 0.1) is 5.82 Å². The Hall–Kier alpha value is -1.69. The third-order valence-corrected chi connectivity index (χ3v) is 3.84. The number of nitrogens with zero attached hydrogens (tertiary/aromatic N) is 1. The summed E-state index contributed by atoms with van der Waals surface area (Å²) in [5.41, 5.74) is 0.524. The van der Waals surface area contributed by atoms with E-state index in [-0.39, 0.29) is 10.5 Å². The molecule has 1 amide bonds. The van der Waals surface area contributed by atoms with Crippen LogP contribution in [0.5, 0.6) is 0 Å². The van der Waals surface area contributed by atoms with Crippen molar-refractivity contribution in [2.75, 3.05) is 19.3 Å². The van der Waals surface area contributed by atoms with Crippen LogP contribution in [0.15, 0.2) is 35.2 Å². The fourth-order valence-corrected chi connectivity index (χ4v) is 2.37. The van der Waals surface area contributed by atoms with Crippen LogP contribution in [0.4, 0.5) is 4.39 Å². The van der Waals surface area contributed by atoms with E-state index in [0.29, 0.717) is 13.1 Å². The quantitative estimate of drug-likeness (QED) is 0.619. The third kappa shape index (κ3) is 3.90. The third-order valence-electron chi connectivity index (χ3n) is 2.73. The minimum Gasteiger partial charge on any atom is -0.335 e. The van der Waals surface area contributed by atoms with Crippen molar-refractivity contribution in [3.63, 3.8) is 0 Å². The van der Waals surface area contributed by atoms with Gasteiger partial charge >= 0.3 is 0 Å². The van der Waals surface area contributed by atoms with Crippen LogP contribution in [0.1, 0.15) is 24.2 Å². The number of sulfone groups is 1. The Balaban J connectivity index is 3.24. The highest BCUT2D eigenvalue weighted by atomic mass is 32.2. The van der Waals surface area contributed by atoms with Crippen molar-refractivity contribution in [2.24, 2.45) is 0 Å². The van der Waals surface area contributed by atoms with E-state index in [1.165, 1.54) is 4.90 Å². The maximum Gasteiger partial charge on any atom is 0.257 e. The molecule has 0 bridgehead atoms. The number of carbonyl (C=O) groups is 1. The Labute approximate surface area is 118 Å². The second kappa shape index (κ2) is 6.17. The molecule has 1 aromatic rings. The molecule has 110 valence electrons. The smallest absolute Gasteiger partial charge is 0.257 e. The number of hydrogen-bond acceptors (Lipinski definition) is 3. The lowest BCUT2D eigenvalue weighted by molar-refractivity contribution is 0.0773. The second-order valence-corrected chi connectivity index (χ2v) is 6.71. The lowest BCUT2D eigenvalue weighted by atomic mass is 10.1. The molecule has 4 nitrogen and oxygen atoms in total. The van der Waals surface area contributed by atoms with Gasteiger partial charge in [-0.05, 0) is 32.0 Å². The molecule has 0 aliphatic carbocycles. The van der Waals surface area contributed by atoms with Crippen molar-refractivity contribution in [1.82, 2.24) is 4.90 Å². The highest BCUT2D eigenvalue weighted by Gasteiger charge is 2.20. The summed E-state index contributed by atoms with van der Waals surface area (Å²) < 4.78 is 36.7. The average molecular weight is 299 g/mol. The van der Waals surface area contributed by atoms with E-state index in [2.05, 4.69) is 6.58 Å². The summed E-state index contributed by atoms with van der Waals surface area (Å²) in [4.78, 5) is 13.6. The van der Waals surface area contributed by atoms with Gasteiger partial charge in [0.15, 0.2) is 9.84 Å². The van der Waals surface area contributed by atoms with Crippen molar-refractivity contribution in [1.29, 1.82) is 0 Å². The van der Waals surface area contributed by atoms with Gasteiger partial charge in [0.1, 0.15) is 5.82 Å². The summed E-state index contributed by atoms with van der Waals surface area (Å²) in [5.74, 6) is -1.28. The van der Waals surface area contributed by atoms with E-state index < -0.39 is 21.6 Å². The molecule has 0 atom stereocenters. The van der Waals surface area contributed by atoms with Crippen LogP contribution < -0.4 is 0 Å². The van der Waals surface area contributed by atoms with Crippen LogP contribution >= 0.6 is 0 Å². The van der Waals surface area contributed by atoms with Crippen molar-refractivity contribution in [3.05, 3.63) is 41.7 Å². The normalized spacial score (nSPS) is 11.2. The topological polar surface area (TPSA) is 54.5 Å². The number of rotatable bonds is 5. The zero-order chi connectivity index (χ0) is 15.5. The molecule has 0 unspecified atom stereocenters. The first-order chi connectivity index (χ1) is 9.16. The van der Waals surface area contributed by atoms with Gasteiger partial charge < -0.3 is 4.90 Å².